The number of ketones is 1. The van der Waals surface area contributed by atoms with Crippen LogP contribution in [0.1, 0.15) is 42.7 Å². The fraction of sp³-hybridized carbons (Fsp3) is 0.643. The molecule has 104 valence electrons. The van der Waals surface area contributed by atoms with Crippen LogP contribution in [0.15, 0.2) is 6.20 Å². The Kier molecular flexibility index (Phi) is 4.02. The molecule has 0 bridgehead atoms. The Hall–Kier alpha value is -1.65. The van der Waals surface area contributed by atoms with Gasteiger partial charge in [0.05, 0.1) is 11.3 Å². The second kappa shape index (κ2) is 5.55. The first-order valence-electron chi connectivity index (χ1n) is 6.91. The highest BCUT2D eigenvalue weighted by atomic mass is 16.2. The molecule has 1 unspecified atom stereocenters. The summed E-state index contributed by atoms with van der Waals surface area (Å²) in [6.07, 6.45) is 3.80. The van der Waals surface area contributed by atoms with E-state index >= 15 is 0 Å². The fourth-order valence-electron chi connectivity index (χ4n) is 2.59. The molecule has 0 radical (unpaired) electrons. The van der Waals surface area contributed by atoms with Crippen molar-refractivity contribution in [1.29, 1.82) is 0 Å². The third-order valence-electron chi connectivity index (χ3n) is 3.77. The number of carbonyl (C=O) groups excluding carboxylic acids is 2. The number of amides is 1. The van der Waals surface area contributed by atoms with E-state index in [-0.39, 0.29) is 17.6 Å². The zero-order chi connectivity index (χ0) is 14.0. The van der Waals surface area contributed by atoms with Gasteiger partial charge in [-0.3, -0.25) is 14.3 Å². The Balaban J connectivity index is 2.17. The van der Waals surface area contributed by atoms with Crippen molar-refractivity contribution in [2.45, 2.75) is 33.1 Å². The number of aryl methyl sites for hydroxylation is 2. The monoisotopic (exact) mass is 263 g/mol. The quantitative estimate of drug-likeness (QED) is 0.829. The molecule has 0 aromatic carbocycles. The Morgan fingerprint density at radius 1 is 1.47 bits per heavy atom. The summed E-state index contributed by atoms with van der Waals surface area (Å²) < 4.78 is 1.68. The molecule has 0 spiro atoms. The highest BCUT2D eigenvalue weighted by Crippen LogP contribution is 2.19. The van der Waals surface area contributed by atoms with E-state index in [9.17, 15) is 9.59 Å². The van der Waals surface area contributed by atoms with E-state index < -0.39 is 0 Å². The van der Waals surface area contributed by atoms with E-state index in [0.717, 1.165) is 18.5 Å². The van der Waals surface area contributed by atoms with Crippen molar-refractivity contribution < 1.29 is 9.59 Å². The lowest BCUT2D eigenvalue weighted by molar-refractivity contribution is -0.125. The van der Waals surface area contributed by atoms with Crippen molar-refractivity contribution in [3.63, 3.8) is 0 Å². The molecule has 1 amide bonds. The highest BCUT2D eigenvalue weighted by molar-refractivity contribution is 5.96. The summed E-state index contributed by atoms with van der Waals surface area (Å²) >= 11 is 0. The van der Waals surface area contributed by atoms with Crippen LogP contribution in [-0.2, 0) is 18.3 Å². The smallest absolute Gasteiger partial charge is 0.257 e. The number of nitrogens with zero attached hydrogens (tertiary/aromatic N) is 3. The zero-order valence-corrected chi connectivity index (χ0v) is 11.8. The molecule has 1 atom stereocenters. The second-order valence-electron chi connectivity index (χ2n) is 5.09. The molecule has 1 aromatic rings. The van der Waals surface area contributed by atoms with Gasteiger partial charge in [-0.05, 0) is 12.8 Å². The van der Waals surface area contributed by atoms with Gasteiger partial charge in [0.1, 0.15) is 5.78 Å². The lowest BCUT2D eigenvalue weighted by atomic mass is 9.93. The van der Waals surface area contributed by atoms with E-state index in [1.807, 2.05) is 20.9 Å². The Morgan fingerprint density at radius 2 is 2.21 bits per heavy atom. The standard InChI is InChI=1S/C14H21N3O2/c1-4-10-8-17(7-6-13(10)18)14(19)11-9-16(3)15-12(11)5-2/h9-10H,4-8H2,1-3H3. The molecule has 1 fully saturated rings. The number of likely N-dealkylation sites (tertiary alicyclic amines) is 1. The van der Waals surface area contributed by atoms with Crippen molar-refractivity contribution in [3.8, 4) is 0 Å². The van der Waals surface area contributed by atoms with E-state index in [1.54, 1.807) is 15.8 Å². The second-order valence-corrected chi connectivity index (χ2v) is 5.09. The predicted octanol–water partition coefficient (Wildman–Crippen LogP) is 1.42. The summed E-state index contributed by atoms with van der Waals surface area (Å²) in [5.41, 5.74) is 1.51. The lowest BCUT2D eigenvalue weighted by Crippen LogP contribution is -2.44. The Bertz CT molecular complexity index is 493. The van der Waals surface area contributed by atoms with E-state index in [1.165, 1.54) is 0 Å². The molecular weight excluding hydrogens is 242 g/mol. The number of hydrogen-bond donors (Lipinski definition) is 0. The first-order chi connectivity index (χ1) is 9.06. The minimum absolute atomic E-state index is 0.000511. The van der Waals surface area contributed by atoms with Gasteiger partial charge in [-0.1, -0.05) is 13.8 Å². The molecule has 1 aliphatic rings. The first kappa shape index (κ1) is 13.8. The van der Waals surface area contributed by atoms with Crippen LogP contribution in [0.4, 0.5) is 0 Å². The molecule has 2 heterocycles. The van der Waals surface area contributed by atoms with Gasteiger partial charge in [-0.25, -0.2) is 0 Å². The van der Waals surface area contributed by atoms with Gasteiger partial charge in [0, 0.05) is 38.7 Å². The predicted molar refractivity (Wildman–Crippen MR) is 71.9 cm³/mol. The Labute approximate surface area is 113 Å². The molecule has 2 rings (SSSR count). The van der Waals surface area contributed by atoms with Crippen molar-refractivity contribution in [2.24, 2.45) is 13.0 Å². The van der Waals surface area contributed by atoms with Gasteiger partial charge in [-0.15, -0.1) is 0 Å². The van der Waals surface area contributed by atoms with Crippen LogP contribution < -0.4 is 0 Å². The molecule has 1 aliphatic heterocycles. The largest absolute Gasteiger partial charge is 0.337 e. The van der Waals surface area contributed by atoms with Gasteiger partial charge < -0.3 is 4.90 Å². The zero-order valence-electron chi connectivity index (χ0n) is 11.8. The maximum Gasteiger partial charge on any atom is 0.257 e. The third-order valence-corrected chi connectivity index (χ3v) is 3.77. The average molecular weight is 263 g/mol. The molecule has 0 saturated carbocycles. The van der Waals surface area contributed by atoms with Crippen LogP contribution in [0.3, 0.4) is 0 Å². The van der Waals surface area contributed by atoms with Gasteiger partial charge in [0.15, 0.2) is 0 Å². The summed E-state index contributed by atoms with van der Waals surface area (Å²) in [5, 5.41) is 4.30. The van der Waals surface area contributed by atoms with Crippen LogP contribution in [0, 0.1) is 5.92 Å². The molecule has 1 saturated heterocycles. The van der Waals surface area contributed by atoms with E-state index in [2.05, 4.69) is 5.10 Å². The SMILES string of the molecule is CCc1nn(C)cc1C(=O)N1CCC(=O)C(CC)C1. The molecular formula is C14H21N3O2. The van der Waals surface area contributed by atoms with Crippen LogP contribution in [0.2, 0.25) is 0 Å². The molecule has 19 heavy (non-hydrogen) atoms. The first-order valence-corrected chi connectivity index (χ1v) is 6.91. The minimum atomic E-state index is -0.000511. The summed E-state index contributed by atoms with van der Waals surface area (Å²) in [4.78, 5) is 26.0. The number of aromatic nitrogens is 2. The number of Topliss-reactive ketones (excluding diaryl/α,β-unsaturated/α-hetero) is 1. The maximum atomic E-state index is 12.5. The fourth-order valence-corrected chi connectivity index (χ4v) is 2.59. The van der Waals surface area contributed by atoms with Crippen LogP contribution in [-0.4, -0.2) is 39.5 Å². The topological polar surface area (TPSA) is 55.2 Å². The molecule has 1 aromatic heterocycles. The third kappa shape index (κ3) is 2.69. The van der Waals surface area contributed by atoms with Crippen molar-refractivity contribution >= 4 is 11.7 Å². The van der Waals surface area contributed by atoms with Gasteiger partial charge in [0.2, 0.25) is 0 Å². The van der Waals surface area contributed by atoms with Gasteiger partial charge in [0.25, 0.3) is 5.91 Å². The number of hydrogen-bond acceptors (Lipinski definition) is 3. The average Bonchev–Trinajstić information content (AvgIpc) is 2.79. The summed E-state index contributed by atoms with van der Waals surface area (Å²) in [6, 6.07) is 0. The minimum Gasteiger partial charge on any atom is -0.337 e. The summed E-state index contributed by atoms with van der Waals surface area (Å²) in [6.45, 7) is 5.07. The molecule has 5 heteroatoms. The van der Waals surface area contributed by atoms with E-state index in [0.29, 0.717) is 25.1 Å². The summed E-state index contributed by atoms with van der Waals surface area (Å²) in [5.74, 6) is 0.295. The van der Waals surface area contributed by atoms with E-state index in [4.69, 9.17) is 0 Å². The van der Waals surface area contributed by atoms with Gasteiger partial charge in [-0.2, -0.15) is 5.10 Å². The number of piperidine rings is 1. The summed E-state index contributed by atoms with van der Waals surface area (Å²) in [7, 11) is 1.82. The van der Waals surface area contributed by atoms with Crippen LogP contribution >= 0.6 is 0 Å². The van der Waals surface area contributed by atoms with Crippen LogP contribution in [0.25, 0.3) is 0 Å². The normalized spacial score (nSPS) is 19.8. The molecule has 0 aliphatic carbocycles. The Morgan fingerprint density at radius 3 is 2.84 bits per heavy atom. The van der Waals surface area contributed by atoms with Gasteiger partial charge >= 0.3 is 0 Å². The highest BCUT2D eigenvalue weighted by Gasteiger charge is 2.30. The lowest BCUT2D eigenvalue weighted by Gasteiger charge is -2.31. The van der Waals surface area contributed by atoms with Crippen LogP contribution in [0.5, 0.6) is 0 Å². The molecule has 0 N–H and O–H groups in total. The van der Waals surface area contributed by atoms with Crippen molar-refractivity contribution in [2.75, 3.05) is 13.1 Å². The van der Waals surface area contributed by atoms with Crippen molar-refractivity contribution in [1.82, 2.24) is 14.7 Å². The van der Waals surface area contributed by atoms with Crippen molar-refractivity contribution in [3.05, 3.63) is 17.5 Å². The number of carbonyl (C=O) groups is 2. The molecule has 5 nitrogen and oxygen atoms in total. The maximum absolute atomic E-state index is 12.5. The number of rotatable bonds is 3.